The van der Waals surface area contributed by atoms with Gasteiger partial charge in [0.05, 0.1) is 30.3 Å². The fraction of sp³-hybridized carbons (Fsp3) is 0.455. The number of esters is 1. The highest BCUT2D eigenvalue weighted by Crippen LogP contribution is 2.52. The fourth-order valence-corrected chi connectivity index (χ4v) is 6.22. The van der Waals surface area contributed by atoms with E-state index in [9.17, 15) is 4.79 Å². The van der Waals surface area contributed by atoms with Crippen molar-refractivity contribution in [1.29, 1.82) is 0 Å². The van der Waals surface area contributed by atoms with Gasteiger partial charge in [-0.3, -0.25) is 0 Å². The standard InChI is InChI=1S/C33H43N5O3/c1-4-40-33(39)30-20-36-38(32(30)29-19-28(29)31(34)21-37(3)35)26-14-8-12-24(17-26)25-13-9-15-27(18-25)41-22(2)16-23-10-6-5-7-11-23/h8-9,12-15,17-18,20-23,28-29H,4-7,10-11,16,19,34-35H2,1-3H3/b31-21-. The van der Waals surface area contributed by atoms with E-state index in [2.05, 4.69) is 36.3 Å². The van der Waals surface area contributed by atoms with Gasteiger partial charge in [0.15, 0.2) is 0 Å². The van der Waals surface area contributed by atoms with Gasteiger partial charge in [-0.25, -0.2) is 15.3 Å². The molecule has 0 spiro atoms. The third kappa shape index (κ3) is 6.93. The Kier molecular flexibility index (Phi) is 8.98. The molecule has 1 aromatic heterocycles. The summed E-state index contributed by atoms with van der Waals surface area (Å²) < 4.78 is 13.6. The molecule has 3 unspecified atom stereocenters. The molecule has 41 heavy (non-hydrogen) atoms. The molecule has 3 atom stereocenters. The van der Waals surface area contributed by atoms with E-state index in [4.69, 9.17) is 21.1 Å². The van der Waals surface area contributed by atoms with Crippen LogP contribution in [0.5, 0.6) is 5.75 Å². The highest BCUT2D eigenvalue weighted by Gasteiger charge is 2.45. The molecule has 2 fully saturated rings. The third-order valence-electron chi connectivity index (χ3n) is 8.21. The number of carbonyl (C=O) groups excluding carboxylic acids is 1. The molecule has 0 amide bonds. The van der Waals surface area contributed by atoms with E-state index in [-0.39, 0.29) is 23.9 Å². The highest BCUT2D eigenvalue weighted by molar-refractivity contribution is 5.91. The van der Waals surface area contributed by atoms with Crippen LogP contribution in [0, 0.1) is 11.8 Å². The SMILES string of the molecule is CCOC(=O)c1cnn(-c2cccc(-c3cccc(OC(C)CC4CCCCC4)c3)c2)c1C1CC1/C(N)=C/N(C)N. The van der Waals surface area contributed by atoms with Crippen LogP contribution in [0.25, 0.3) is 16.8 Å². The van der Waals surface area contributed by atoms with Gasteiger partial charge in [-0.05, 0) is 68.0 Å². The largest absolute Gasteiger partial charge is 0.491 e. The van der Waals surface area contributed by atoms with Crippen LogP contribution >= 0.6 is 0 Å². The summed E-state index contributed by atoms with van der Waals surface area (Å²) in [4.78, 5) is 12.9. The summed E-state index contributed by atoms with van der Waals surface area (Å²) in [6.45, 7) is 4.28. The van der Waals surface area contributed by atoms with E-state index in [0.717, 1.165) is 47.0 Å². The van der Waals surface area contributed by atoms with Gasteiger partial charge in [0.1, 0.15) is 11.3 Å². The molecule has 2 saturated carbocycles. The summed E-state index contributed by atoms with van der Waals surface area (Å²) in [7, 11) is 1.74. The lowest BCUT2D eigenvalue weighted by molar-refractivity contribution is 0.0525. The zero-order chi connectivity index (χ0) is 28.9. The highest BCUT2D eigenvalue weighted by atomic mass is 16.5. The topological polar surface area (TPSA) is 109 Å². The van der Waals surface area contributed by atoms with Crippen molar-refractivity contribution >= 4 is 5.97 Å². The molecule has 3 aromatic rings. The first-order chi connectivity index (χ1) is 19.8. The summed E-state index contributed by atoms with van der Waals surface area (Å²) in [6, 6.07) is 16.5. The summed E-state index contributed by atoms with van der Waals surface area (Å²) in [5.41, 5.74) is 11.3. The molecule has 2 aliphatic carbocycles. The van der Waals surface area contributed by atoms with Crippen molar-refractivity contribution in [3.05, 3.63) is 77.9 Å². The van der Waals surface area contributed by atoms with Gasteiger partial charge in [0.2, 0.25) is 0 Å². The maximum Gasteiger partial charge on any atom is 0.341 e. The molecule has 218 valence electrons. The predicted octanol–water partition coefficient (Wildman–Crippen LogP) is 6.16. The van der Waals surface area contributed by atoms with Crippen LogP contribution in [0.4, 0.5) is 0 Å². The number of nitrogens with two attached hydrogens (primary N) is 2. The second-order valence-electron chi connectivity index (χ2n) is 11.6. The minimum Gasteiger partial charge on any atom is -0.491 e. The molecular formula is C33H43N5O3. The van der Waals surface area contributed by atoms with Gasteiger partial charge in [0.25, 0.3) is 0 Å². The van der Waals surface area contributed by atoms with Crippen molar-refractivity contribution in [3.63, 3.8) is 0 Å². The first kappa shape index (κ1) is 28.7. The number of rotatable bonds is 11. The minimum absolute atomic E-state index is 0.0409. The Bertz CT molecular complexity index is 1370. The number of hydrogen-bond acceptors (Lipinski definition) is 7. The van der Waals surface area contributed by atoms with Crippen molar-refractivity contribution in [2.45, 2.75) is 70.8 Å². The maximum atomic E-state index is 12.9. The van der Waals surface area contributed by atoms with E-state index in [1.807, 2.05) is 28.9 Å². The Balaban J connectivity index is 1.40. The molecule has 5 rings (SSSR count). The normalized spacial score (nSPS) is 20.0. The van der Waals surface area contributed by atoms with Gasteiger partial charge < -0.3 is 20.2 Å². The van der Waals surface area contributed by atoms with E-state index < -0.39 is 0 Å². The molecule has 0 saturated heterocycles. The number of ether oxygens (including phenoxy) is 2. The summed E-state index contributed by atoms with van der Waals surface area (Å²) >= 11 is 0. The second kappa shape index (κ2) is 12.8. The Hall–Kier alpha value is -3.78. The van der Waals surface area contributed by atoms with Crippen molar-refractivity contribution in [2.24, 2.45) is 23.4 Å². The number of hydrogen-bond donors (Lipinski definition) is 2. The molecule has 2 aromatic carbocycles. The summed E-state index contributed by atoms with van der Waals surface area (Å²) in [5, 5.41) is 6.10. The predicted molar refractivity (Wildman–Crippen MR) is 161 cm³/mol. The quantitative estimate of drug-likeness (QED) is 0.165. The smallest absolute Gasteiger partial charge is 0.341 e. The van der Waals surface area contributed by atoms with Crippen molar-refractivity contribution in [1.82, 2.24) is 14.8 Å². The zero-order valence-electron chi connectivity index (χ0n) is 24.5. The number of aromatic nitrogens is 2. The van der Waals surface area contributed by atoms with E-state index in [1.165, 1.54) is 37.1 Å². The van der Waals surface area contributed by atoms with Gasteiger partial charge in [-0.1, -0.05) is 56.4 Å². The van der Waals surface area contributed by atoms with Crippen LogP contribution in [0.1, 0.15) is 80.8 Å². The molecule has 8 nitrogen and oxygen atoms in total. The third-order valence-corrected chi connectivity index (χ3v) is 8.21. The number of nitrogens with zero attached hydrogens (tertiary/aromatic N) is 3. The van der Waals surface area contributed by atoms with Crippen LogP contribution < -0.4 is 16.3 Å². The number of hydrazine groups is 1. The monoisotopic (exact) mass is 557 g/mol. The van der Waals surface area contributed by atoms with Crippen LogP contribution in [-0.2, 0) is 4.74 Å². The molecule has 0 bridgehead atoms. The lowest BCUT2D eigenvalue weighted by Crippen LogP contribution is -2.21. The average molecular weight is 558 g/mol. The average Bonchev–Trinajstić information content (AvgIpc) is 3.63. The second-order valence-corrected chi connectivity index (χ2v) is 11.6. The summed E-state index contributed by atoms with van der Waals surface area (Å²) in [5.74, 6) is 7.19. The molecule has 0 radical (unpaired) electrons. The van der Waals surface area contributed by atoms with Gasteiger partial charge in [-0.2, -0.15) is 5.10 Å². The Morgan fingerprint density at radius 1 is 1.15 bits per heavy atom. The molecule has 8 heteroatoms. The minimum atomic E-state index is -0.374. The molecule has 2 aliphatic rings. The van der Waals surface area contributed by atoms with Crippen LogP contribution in [0.3, 0.4) is 0 Å². The lowest BCUT2D eigenvalue weighted by Gasteiger charge is -2.25. The molecule has 4 N–H and O–H groups in total. The lowest BCUT2D eigenvalue weighted by atomic mass is 9.85. The van der Waals surface area contributed by atoms with E-state index in [1.54, 1.807) is 26.4 Å². The van der Waals surface area contributed by atoms with Crippen LogP contribution in [-0.4, -0.2) is 40.5 Å². The number of carbonyl (C=O) groups is 1. The molecule has 0 aliphatic heterocycles. The van der Waals surface area contributed by atoms with Crippen LogP contribution in [0.15, 0.2) is 66.6 Å². The first-order valence-electron chi connectivity index (χ1n) is 14.9. The van der Waals surface area contributed by atoms with Crippen molar-refractivity contribution in [2.75, 3.05) is 13.7 Å². The van der Waals surface area contributed by atoms with Crippen LogP contribution in [0.2, 0.25) is 0 Å². The van der Waals surface area contributed by atoms with Crippen molar-refractivity contribution in [3.8, 4) is 22.6 Å². The first-order valence-corrected chi connectivity index (χ1v) is 14.9. The van der Waals surface area contributed by atoms with Gasteiger partial charge >= 0.3 is 5.97 Å². The number of benzene rings is 2. The Morgan fingerprint density at radius 3 is 2.61 bits per heavy atom. The summed E-state index contributed by atoms with van der Waals surface area (Å²) in [6.07, 6.45) is 12.1. The van der Waals surface area contributed by atoms with Gasteiger partial charge in [0, 0.05) is 30.8 Å². The number of allylic oxidation sites excluding steroid dienone is 1. The molecule has 1 heterocycles. The Morgan fingerprint density at radius 2 is 1.88 bits per heavy atom. The fourth-order valence-electron chi connectivity index (χ4n) is 6.22. The molecular weight excluding hydrogens is 514 g/mol. The maximum absolute atomic E-state index is 12.9. The van der Waals surface area contributed by atoms with E-state index >= 15 is 0 Å². The zero-order valence-corrected chi connectivity index (χ0v) is 24.5. The van der Waals surface area contributed by atoms with Crippen molar-refractivity contribution < 1.29 is 14.3 Å². The van der Waals surface area contributed by atoms with Gasteiger partial charge in [-0.15, -0.1) is 0 Å². The van der Waals surface area contributed by atoms with E-state index in [0.29, 0.717) is 17.9 Å². The Labute approximate surface area is 243 Å².